The Morgan fingerprint density at radius 1 is 1.18 bits per heavy atom. The molecule has 0 radical (unpaired) electrons. The van der Waals surface area contributed by atoms with Crippen molar-refractivity contribution < 1.29 is 39.1 Å². The van der Waals surface area contributed by atoms with Gasteiger partial charge in [0, 0.05) is 56.9 Å². The van der Waals surface area contributed by atoms with Gasteiger partial charge in [-0.05, 0) is 57.6 Å². The van der Waals surface area contributed by atoms with E-state index in [4.69, 9.17) is 14.2 Å². The van der Waals surface area contributed by atoms with Gasteiger partial charge in [-0.1, -0.05) is 39.0 Å². The van der Waals surface area contributed by atoms with Crippen LogP contribution in [0.1, 0.15) is 66.4 Å². The van der Waals surface area contributed by atoms with Gasteiger partial charge >= 0.3 is 5.97 Å². The summed E-state index contributed by atoms with van der Waals surface area (Å²) in [5.41, 5.74) is 1.14. The van der Waals surface area contributed by atoms with Gasteiger partial charge in [-0.2, -0.15) is 0 Å². The number of amides is 1. The van der Waals surface area contributed by atoms with Crippen molar-refractivity contribution in [2.75, 3.05) is 37.5 Å². The smallest absolute Gasteiger partial charge is 0.306 e. The van der Waals surface area contributed by atoms with Crippen molar-refractivity contribution >= 4 is 23.3 Å². The van der Waals surface area contributed by atoms with Crippen LogP contribution in [0.4, 0.5) is 11.4 Å². The number of aliphatic hydroxyl groups excluding tert-OH is 1. The number of carbonyl (C=O) groups excluding carboxylic acids is 2. The predicted molar refractivity (Wildman–Crippen MR) is 171 cm³/mol. The molecule has 0 unspecified atom stereocenters. The third kappa shape index (κ3) is 8.02. The second-order valence-corrected chi connectivity index (χ2v) is 12.3. The molecule has 1 amide bonds. The Bertz CT molecular complexity index is 1280. The first-order valence-corrected chi connectivity index (χ1v) is 15.4. The molecule has 44 heavy (non-hydrogen) atoms. The normalized spacial score (nSPS) is 32.0. The Kier molecular flexibility index (Phi) is 12.1. The summed E-state index contributed by atoms with van der Waals surface area (Å²) in [5, 5.41) is 36.6. The summed E-state index contributed by atoms with van der Waals surface area (Å²) in [6, 6.07) is 1.38. The number of ether oxygens (including phenoxy) is 3. The molecule has 1 aromatic carbocycles. The molecule has 10 nitrogen and oxygen atoms in total. The first kappa shape index (κ1) is 35.1. The number of rotatable bonds is 5. The highest BCUT2D eigenvalue weighted by molar-refractivity contribution is 6.05. The zero-order valence-electron chi connectivity index (χ0n) is 27.3. The minimum atomic E-state index is -1.10. The maximum absolute atomic E-state index is 13.2. The van der Waals surface area contributed by atoms with Gasteiger partial charge in [-0.25, -0.2) is 0 Å². The Hall–Kier alpha value is -3.34. The lowest BCUT2D eigenvalue weighted by Crippen LogP contribution is -2.44. The minimum Gasteiger partial charge on any atom is -0.506 e. The van der Waals surface area contributed by atoms with E-state index in [0.717, 1.165) is 19.5 Å². The summed E-state index contributed by atoms with van der Waals surface area (Å²) < 4.78 is 17.5. The van der Waals surface area contributed by atoms with Crippen LogP contribution in [0, 0.1) is 11.8 Å². The Balaban J connectivity index is 2.14. The van der Waals surface area contributed by atoms with Gasteiger partial charge in [0.05, 0.1) is 23.6 Å². The number of esters is 1. The van der Waals surface area contributed by atoms with Crippen molar-refractivity contribution in [3.05, 3.63) is 47.1 Å². The number of hydrogen-bond donors (Lipinski definition) is 4. The van der Waals surface area contributed by atoms with Gasteiger partial charge in [0.2, 0.25) is 0 Å². The molecule has 4 N–H and O–H groups in total. The van der Waals surface area contributed by atoms with Gasteiger partial charge in [0.25, 0.3) is 5.91 Å². The molecule has 0 aliphatic carbocycles. The van der Waals surface area contributed by atoms with Crippen LogP contribution in [0.3, 0.4) is 0 Å². The SMILES string of the molecule is CCC(=O)O[C@H]1/C(C)=C/[C@H](C)[C@@H](O)[C@@H](OC)C[C@H](C)Cc2c(O)c(cc(O)c2N2CCC2)NC(=O)/C(C)=C/C=C\[C@]1(C)OC. The zero-order valence-corrected chi connectivity index (χ0v) is 27.3. The van der Waals surface area contributed by atoms with Crippen LogP contribution < -0.4 is 10.2 Å². The van der Waals surface area contributed by atoms with Crippen molar-refractivity contribution in [1.82, 2.24) is 0 Å². The number of allylic oxidation sites excluding steroid dienone is 2. The lowest BCUT2D eigenvalue weighted by Gasteiger charge is -2.36. The maximum Gasteiger partial charge on any atom is 0.306 e. The van der Waals surface area contributed by atoms with Crippen molar-refractivity contribution in [2.24, 2.45) is 11.8 Å². The fourth-order valence-electron chi connectivity index (χ4n) is 5.85. The number of carbonyl (C=O) groups is 2. The third-order valence-electron chi connectivity index (χ3n) is 8.75. The van der Waals surface area contributed by atoms with Crippen molar-refractivity contribution in [2.45, 2.75) is 91.1 Å². The number of phenolic OH excluding ortho intramolecular Hbond substituents is 2. The monoisotopic (exact) mass is 614 g/mol. The fourth-order valence-corrected chi connectivity index (χ4v) is 5.85. The number of anilines is 2. The van der Waals surface area contributed by atoms with Crippen molar-refractivity contribution in [3.63, 3.8) is 0 Å². The molecule has 2 heterocycles. The molecule has 10 heteroatoms. The van der Waals surface area contributed by atoms with Crippen molar-refractivity contribution in [3.8, 4) is 11.5 Å². The first-order chi connectivity index (χ1) is 20.8. The van der Waals surface area contributed by atoms with Crippen LogP contribution in [0.15, 0.2) is 41.5 Å². The van der Waals surface area contributed by atoms with E-state index in [2.05, 4.69) is 5.32 Å². The highest BCUT2D eigenvalue weighted by atomic mass is 16.6. The maximum atomic E-state index is 13.2. The van der Waals surface area contributed by atoms with E-state index >= 15 is 0 Å². The summed E-state index contributed by atoms with van der Waals surface area (Å²) >= 11 is 0. The number of nitrogens with one attached hydrogen (secondary N) is 1. The highest BCUT2D eigenvalue weighted by Gasteiger charge is 2.37. The van der Waals surface area contributed by atoms with Gasteiger partial charge in [-0.15, -0.1) is 0 Å². The average molecular weight is 615 g/mol. The lowest BCUT2D eigenvalue weighted by molar-refractivity contribution is -0.157. The van der Waals surface area contributed by atoms with Crippen LogP contribution in [-0.4, -0.2) is 78.4 Å². The summed E-state index contributed by atoms with van der Waals surface area (Å²) in [6.45, 7) is 12.4. The lowest BCUT2D eigenvalue weighted by atomic mass is 9.86. The molecule has 0 saturated carbocycles. The van der Waals surface area contributed by atoms with Crippen LogP contribution in [0.25, 0.3) is 0 Å². The van der Waals surface area contributed by atoms with E-state index < -0.39 is 35.8 Å². The summed E-state index contributed by atoms with van der Waals surface area (Å²) in [4.78, 5) is 27.7. The molecule has 0 aromatic heterocycles. The molecule has 1 fully saturated rings. The molecule has 0 spiro atoms. The molecule has 2 bridgehead atoms. The van der Waals surface area contributed by atoms with E-state index in [-0.39, 0.29) is 35.4 Å². The topological polar surface area (TPSA) is 138 Å². The number of aliphatic hydroxyl groups is 1. The quantitative estimate of drug-likeness (QED) is 0.156. The second kappa shape index (κ2) is 15.1. The highest BCUT2D eigenvalue weighted by Crippen LogP contribution is 2.45. The molecule has 6 atom stereocenters. The number of phenols is 2. The average Bonchev–Trinajstić information content (AvgIpc) is 2.96. The number of methoxy groups -OCH3 is 2. The Morgan fingerprint density at radius 3 is 2.43 bits per heavy atom. The number of nitrogens with zero attached hydrogens (tertiary/aromatic N) is 1. The second-order valence-electron chi connectivity index (χ2n) is 12.3. The van der Waals surface area contributed by atoms with Gasteiger partial charge < -0.3 is 39.7 Å². The van der Waals surface area contributed by atoms with Crippen LogP contribution >= 0.6 is 0 Å². The molecular weight excluding hydrogens is 564 g/mol. The molecule has 2 aliphatic rings. The van der Waals surface area contributed by atoms with E-state index in [0.29, 0.717) is 35.2 Å². The van der Waals surface area contributed by atoms with Crippen LogP contribution in [-0.2, 0) is 30.2 Å². The number of aromatic hydroxyl groups is 2. The minimum absolute atomic E-state index is 0.0199. The summed E-state index contributed by atoms with van der Waals surface area (Å²) in [5.74, 6) is -1.43. The zero-order chi connectivity index (χ0) is 32.8. The third-order valence-corrected chi connectivity index (χ3v) is 8.75. The number of benzene rings is 1. The predicted octanol–water partition coefficient (Wildman–Crippen LogP) is 5.02. The van der Waals surface area contributed by atoms with E-state index in [1.54, 1.807) is 46.1 Å². The summed E-state index contributed by atoms with van der Waals surface area (Å²) in [6.07, 6.45) is 6.59. The Labute approximate surface area is 261 Å². The molecule has 1 saturated heterocycles. The fraction of sp³-hybridized carbons (Fsp3) is 0.588. The summed E-state index contributed by atoms with van der Waals surface area (Å²) in [7, 11) is 3.07. The van der Waals surface area contributed by atoms with Gasteiger partial charge in [0.1, 0.15) is 17.1 Å². The molecule has 244 valence electrons. The molecular formula is C34H50N2O8. The van der Waals surface area contributed by atoms with E-state index in [1.807, 2.05) is 31.7 Å². The first-order valence-electron chi connectivity index (χ1n) is 15.4. The number of hydrogen-bond acceptors (Lipinski definition) is 9. The molecule has 2 aliphatic heterocycles. The largest absolute Gasteiger partial charge is 0.506 e. The van der Waals surface area contributed by atoms with E-state index in [9.17, 15) is 24.9 Å². The Morgan fingerprint density at radius 2 is 1.86 bits per heavy atom. The van der Waals surface area contributed by atoms with Gasteiger partial charge in [-0.3, -0.25) is 9.59 Å². The standard InChI is InChI=1S/C34H50N2O8/c1-9-28(38)44-32-23(5)18-22(4)30(39)27(42-7)17-20(2)16-24-29(36-14-11-15-36)26(37)19-25(31(24)40)35-33(41)21(3)12-10-13-34(32,6)43-8/h10,12-13,18-20,22,27,30,32,37,39-40H,9,11,14-17H2,1-8H3,(H,35,41)/b13-10-,21-12+,23-18+/t20-,22+,27+,30-,32+,34+/m1/s1. The van der Waals surface area contributed by atoms with Gasteiger partial charge in [0.15, 0.2) is 6.10 Å². The van der Waals surface area contributed by atoms with Crippen LogP contribution in [0.2, 0.25) is 0 Å². The van der Waals surface area contributed by atoms with Crippen LogP contribution in [0.5, 0.6) is 11.5 Å². The number of fused-ring (bicyclic) bond motifs is 2. The van der Waals surface area contributed by atoms with E-state index in [1.165, 1.54) is 13.2 Å². The molecule has 3 rings (SSSR count). The van der Waals surface area contributed by atoms with Crippen molar-refractivity contribution in [1.29, 1.82) is 0 Å². The molecule has 1 aromatic rings.